The molecule has 1 aromatic carbocycles. The highest BCUT2D eigenvalue weighted by atomic mass is 16.7. The highest BCUT2D eigenvalue weighted by Gasteiger charge is 2.24. The van der Waals surface area contributed by atoms with Gasteiger partial charge in [0.1, 0.15) is 5.56 Å². The normalized spacial score (nSPS) is 16.9. The van der Waals surface area contributed by atoms with Crippen LogP contribution in [-0.4, -0.2) is 27.2 Å². The summed E-state index contributed by atoms with van der Waals surface area (Å²) < 4.78 is 12.0. The predicted molar refractivity (Wildman–Crippen MR) is 108 cm³/mol. The summed E-state index contributed by atoms with van der Waals surface area (Å²) in [5, 5.41) is 10.9. The largest absolute Gasteiger partial charge is 0.494 e. The van der Waals surface area contributed by atoms with E-state index in [2.05, 4.69) is 9.98 Å². The molecular weight excluding hydrogens is 374 g/mol. The first-order valence-corrected chi connectivity index (χ1v) is 10.1. The van der Waals surface area contributed by atoms with Crippen molar-refractivity contribution >= 4 is 5.71 Å². The van der Waals surface area contributed by atoms with Gasteiger partial charge in [-0.3, -0.25) is 19.3 Å². The van der Waals surface area contributed by atoms with Crippen LogP contribution < -0.4 is 20.7 Å². The zero-order valence-electron chi connectivity index (χ0n) is 16.4. The molecular formula is C21H25N3O5. The molecule has 4 rings (SSSR count). The third kappa shape index (κ3) is 3.79. The summed E-state index contributed by atoms with van der Waals surface area (Å²) in [6.07, 6.45) is 5.21. The van der Waals surface area contributed by atoms with Gasteiger partial charge in [0.15, 0.2) is 11.5 Å². The SMILES string of the molecule is CCC(=NCc1ccc2c(c1)OCO2)c1c(O)n(C2CCCCC2)c(=O)[nH]c1=O. The van der Waals surface area contributed by atoms with Crippen LogP contribution in [0.1, 0.15) is 62.6 Å². The molecule has 0 unspecified atom stereocenters. The van der Waals surface area contributed by atoms with E-state index in [0.29, 0.717) is 30.2 Å². The van der Waals surface area contributed by atoms with Crippen LogP contribution in [0.15, 0.2) is 32.8 Å². The molecule has 0 amide bonds. The molecule has 1 saturated carbocycles. The van der Waals surface area contributed by atoms with Gasteiger partial charge in [0, 0.05) is 6.04 Å². The molecule has 2 heterocycles. The highest BCUT2D eigenvalue weighted by Crippen LogP contribution is 2.33. The second kappa shape index (κ2) is 8.14. The number of aromatic amines is 1. The quantitative estimate of drug-likeness (QED) is 0.752. The van der Waals surface area contributed by atoms with E-state index in [1.54, 1.807) is 0 Å². The van der Waals surface area contributed by atoms with E-state index in [-0.39, 0.29) is 24.3 Å². The van der Waals surface area contributed by atoms with E-state index >= 15 is 0 Å². The zero-order valence-corrected chi connectivity index (χ0v) is 16.4. The number of rotatable bonds is 5. The lowest BCUT2D eigenvalue weighted by Gasteiger charge is -2.25. The molecule has 0 saturated heterocycles. The van der Waals surface area contributed by atoms with Crippen molar-refractivity contribution in [1.29, 1.82) is 0 Å². The number of ether oxygens (including phenoxy) is 2. The number of hydrogen-bond donors (Lipinski definition) is 2. The summed E-state index contributed by atoms with van der Waals surface area (Å²) in [5.74, 6) is 1.08. The van der Waals surface area contributed by atoms with Gasteiger partial charge in [0.25, 0.3) is 5.56 Å². The molecule has 0 bridgehead atoms. The highest BCUT2D eigenvalue weighted by molar-refractivity contribution is 6.01. The molecule has 0 spiro atoms. The molecule has 154 valence electrons. The Balaban J connectivity index is 1.68. The zero-order chi connectivity index (χ0) is 20.4. The number of H-pyrrole nitrogens is 1. The molecule has 2 aromatic rings. The third-order valence-electron chi connectivity index (χ3n) is 5.57. The fraction of sp³-hybridized carbons (Fsp3) is 0.476. The van der Waals surface area contributed by atoms with Gasteiger partial charge in [-0.2, -0.15) is 0 Å². The topological polar surface area (TPSA) is 106 Å². The maximum Gasteiger partial charge on any atom is 0.331 e. The number of nitrogens with zero attached hydrogens (tertiary/aromatic N) is 2. The van der Waals surface area contributed by atoms with E-state index in [9.17, 15) is 14.7 Å². The van der Waals surface area contributed by atoms with Crippen LogP contribution in [0, 0.1) is 0 Å². The second-order valence-electron chi connectivity index (χ2n) is 7.42. The maximum absolute atomic E-state index is 12.5. The summed E-state index contributed by atoms with van der Waals surface area (Å²) in [4.78, 5) is 31.8. The van der Waals surface area contributed by atoms with Crippen molar-refractivity contribution in [2.75, 3.05) is 6.79 Å². The monoisotopic (exact) mass is 399 g/mol. The number of benzene rings is 1. The number of hydrogen-bond acceptors (Lipinski definition) is 6. The van der Waals surface area contributed by atoms with Gasteiger partial charge in [-0.05, 0) is 37.0 Å². The van der Waals surface area contributed by atoms with Crippen LogP contribution in [0.4, 0.5) is 0 Å². The van der Waals surface area contributed by atoms with Gasteiger partial charge in [0.2, 0.25) is 12.7 Å². The van der Waals surface area contributed by atoms with E-state index in [1.807, 2.05) is 25.1 Å². The average Bonchev–Trinajstić information content (AvgIpc) is 3.18. The van der Waals surface area contributed by atoms with Crippen LogP contribution in [-0.2, 0) is 6.54 Å². The van der Waals surface area contributed by atoms with Crippen molar-refractivity contribution in [1.82, 2.24) is 9.55 Å². The smallest absolute Gasteiger partial charge is 0.331 e. The van der Waals surface area contributed by atoms with Crippen LogP contribution in [0.2, 0.25) is 0 Å². The van der Waals surface area contributed by atoms with Gasteiger partial charge >= 0.3 is 5.69 Å². The fourth-order valence-corrected chi connectivity index (χ4v) is 4.07. The van der Waals surface area contributed by atoms with Crippen LogP contribution in [0.5, 0.6) is 17.4 Å². The molecule has 0 radical (unpaired) electrons. The molecule has 1 aromatic heterocycles. The molecule has 0 atom stereocenters. The van der Waals surface area contributed by atoms with Gasteiger partial charge in [-0.15, -0.1) is 0 Å². The third-order valence-corrected chi connectivity index (χ3v) is 5.57. The number of aromatic nitrogens is 2. The molecule has 1 aliphatic carbocycles. The van der Waals surface area contributed by atoms with Crippen molar-refractivity contribution in [2.45, 2.75) is 58.0 Å². The summed E-state index contributed by atoms with van der Waals surface area (Å²) in [7, 11) is 0. The average molecular weight is 399 g/mol. The number of aromatic hydroxyl groups is 1. The second-order valence-corrected chi connectivity index (χ2v) is 7.42. The van der Waals surface area contributed by atoms with E-state index < -0.39 is 11.2 Å². The van der Waals surface area contributed by atoms with Gasteiger partial charge in [-0.25, -0.2) is 4.79 Å². The minimum atomic E-state index is -0.606. The molecule has 8 heteroatoms. The van der Waals surface area contributed by atoms with E-state index in [0.717, 1.165) is 37.7 Å². The number of nitrogens with one attached hydrogen (secondary N) is 1. The molecule has 8 nitrogen and oxygen atoms in total. The van der Waals surface area contributed by atoms with Crippen LogP contribution in [0.3, 0.4) is 0 Å². The van der Waals surface area contributed by atoms with Gasteiger partial charge < -0.3 is 14.6 Å². The molecule has 2 N–H and O–H groups in total. The summed E-state index contributed by atoms with van der Waals surface area (Å²) in [6, 6.07) is 5.47. The fourth-order valence-electron chi connectivity index (χ4n) is 4.07. The van der Waals surface area contributed by atoms with Crippen molar-refractivity contribution in [3.05, 3.63) is 50.2 Å². The standard InChI is InChI=1S/C21H25N3O5/c1-2-15(22-11-13-8-9-16-17(10-13)29-12-28-16)18-19(25)23-21(27)24(20(18)26)14-6-4-3-5-7-14/h8-10,14,26H,2-7,11-12H2,1H3,(H,23,25,27). The number of fused-ring (bicyclic) bond motifs is 1. The Kier molecular flexibility index (Phi) is 5.42. The lowest BCUT2D eigenvalue weighted by Crippen LogP contribution is -2.36. The summed E-state index contributed by atoms with van der Waals surface area (Å²) in [5.41, 5.74) is 0.279. The lowest BCUT2D eigenvalue weighted by molar-refractivity contribution is 0.174. The first-order valence-electron chi connectivity index (χ1n) is 10.1. The lowest BCUT2D eigenvalue weighted by atomic mass is 9.95. The van der Waals surface area contributed by atoms with Crippen molar-refractivity contribution in [2.24, 2.45) is 4.99 Å². The predicted octanol–water partition coefficient (Wildman–Crippen LogP) is 2.88. The van der Waals surface area contributed by atoms with E-state index in [1.165, 1.54) is 4.57 Å². The Labute approximate surface area is 167 Å². The minimum Gasteiger partial charge on any atom is -0.494 e. The summed E-state index contributed by atoms with van der Waals surface area (Å²) >= 11 is 0. The minimum absolute atomic E-state index is 0.0819. The maximum atomic E-state index is 12.5. The first-order chi connectivity index (χ1) is 14.1. The van der Waals surface area contributed by atoms with E-state index in [4.69, 9.17) is 9.47 Å². The first kappa shape index (κ1) is 19.3. The molecule has 2 aliphatic rings. The molecule has 1 aliphatic heterocycles. The Morgan fingerprint density at radius 3 is 2.72 bits per heavy atom. The Morgan fingerprint density at radius 2 is 1.97 bits per heavy atom. The van der Waals surface area contributed by atoms with Crippen molar-refractivity contribution in [3.63, 3.8) is 0 Å². The van der Waals surface area contributed by atoms with Gasteiger partial charge in [0.05, 0.1) is 12.3 Å². The molecule has 29 heavy (non-hydrogen) atoms. The van der Waals surface area contributed by atoms with Crippen LogP contribution in [0.25, 0.3) is 0 Å². The Hall–Kier alpha value is -3.03. The Bertz CT molecular complexity index is 1050. The molecule has 1 fully saturated rings. The van der Waals surface area contributed by atoms with Crippen LogP contribution >= 0.6 is 0 Å². The van der Waals surface area contributed by atoms with Gasteiger partial charge in [-0.1, -0.05) is 32.3 Å². The Morgan fingerprint density at radius 1 is 1.21 bits per heavy atom. The van der Waals surface area contributed by atoms with Crippen molar-refractivity contribution < 1.29 is 14.6 Å². The van der Waals surface area contributed by atoms with Crippen molar-refractivity contribution in [3.8, 4) is 17.4 Å². The summed E-state index contributed by atoms with van der Waals surface area (Å²) in [6.45, 7) is 2.39. The number of aliphatic imine (C=N–C) groups is 1.